The van der Waals surface area contributed by atoms with Crippen molar-refractivity contribution in [3.8, 4) is 0 Å². The van der Waals surface area contributed by atoms with Gasteiger partial charge in [-0.3, -0.25) is 9.59 Å². The van der Waals surface area contributed by atoms with Crippen molar-refractivity contribution in [1.82, 2.24) is 4.90 Å². The van der Waals surface area contributed by atoms with Gasteiger partial charge < -0.3 is 15.5 Å². The van der Waals surface area contributed by atoms with Crippen molar-refractivity contribution < 1.29 is 9.59 Å². The van der Waals surface area contributed by atoms with Gasteiger partial charge in [-0.1, -0.05) is 79.9 Å². The van der Waals surface area contributed by atoms with Gasteiger partial charge in [0.1, 0.15) is 6.54 Å². The molecule has 0 saturated carbocycles. The maximum atomic E-state index is 14.1. The molecular weight excluding hydrogens is 482 g/mol. The molecule has 0 aliphatic carbocycles. The first kappa shape index (κ1) is 26.9. The van der Waals surface area contributed by atoms with Crippen LogP contribution in [0, 0.1) is 0 Å². The molecule has 3 aromatic carbocycles. The Morgan fingerprint density at radius 1 is 0.892 bits per heavy atom. The molecule has 37 heavy (non-hydrogen) atoms. The zero-order valence-corrected chi connectivity index (χ0v) is 22.3. The molecule has 3 aromatic rings. The predicted octanol–water partition coefficient (Wildman–Crippen LogP) is 6.54. The van der Waals surface area contributed by atoms with Crippen molar-refractivity contribution in [3.63, 3.8) is 0 Å². The molecule has 0 saturated heterocycles. The van der Waals surface area contributed by atoms with Gasteiger partial charge in [0, 0.05) is 5.02 Å². The third-order valence-electron chi connectivity index (χ3n) is 7.07. The summed E-state index contributed by atoms with van der Waals surface area (Å²) in [5, 5.41) is 0.650. The smallest absolute Gasteiger partial charge is 0.256 e. The van der Waals surface area contributed by atoms with Crippen molar-refractivity contribution in [2.24, 2.45) is 5.73 Å². The summed E-state index contributed by atoms with van der Waals surface area (Å²) in [5.41, 5.74) is 10.0. The fourth-order valence-electron chi connectivity index (χ4n) is 5.07. The highest BCUT2D eigenvalue weighted by Gasteiger charge is 2.35. The molecule has 1 heterocycles. The fourth-order valence-corrected chi connectivity index (χ4v) is 5.20. The largest absolute Gasteiger partial charge is 0.330 e. The number of hydrogen-bond acceptors (Lipinski definition) is 3. The highest BCUT2D eigenvalue weighted by molar-refractivity contribution is 6.30. The lowest BCUT2D eigenvalue weighted by atomic mass is 9.99. The number of amides is 2. The van der Waals surface area contributed by atoms with Crippen LogP contribution < -0.4 is 10.6 Å². The summed E-state index contributed by atoms with van der Waals surface area (Å²) in [6, 6.07) is 23.3. The Bertz CT molecular complexity index is 1200. The molecule has 1 aliphatic rings. The third-order valence-corrected chi connectivity index (χ3v) is 7.32. The highest BCUT2D eigenvalue weighted by Crippen LogP contribution is 2.34. The van der Waals surface area contributed by atoms with Crippen LogP contribution in [-0.2, 0) is 17.8 Å². The number of hydrogen-bond donors (Lipinski definition) is 1. The second-order valence-electron chi connectivity index (χ2n) is 9.68. The minimum Gasteiger partial charge on any atom is -0.330 e. The van der Waals surface area contributed by atoms with E-state index >= 15 is 0 Å². The Hall–Kier alpha value is -3.15. The number of benzene rings is 3. The molecule has 5 nitrogen and oxygen atoms in total. The second kappa shape index (κ2) is 12.9. The van der Waals surface area contributed by atoms with Gasteiger partial charge in [-0.05, 0) is 73.2 Å². The normalized spacial score (nSPS) is 14.5. The molecule has 0 aromatic heterocycles. The highest BCUT2D eigenvalue weighted by atomic mass is 35.5. The Morgan fingerprint density at radius 3 is 2.30 bits per heavy atom. The lowest BCUT2D eigenvalue weighted by molar-refractivity contribution is -0.119. The summed E-state index contributed by atoms with van der Waals surface area (Å²) < 4.78 is 0. The topological polar surface area (TPSA) is 66.6 Å². The van der Waals surface area contributed by atoms with Crippen molar-refractivity contribution in [2.75, 3.05) is 18.0 Å². The molecule has 1 atom stereocenters. The Kier molecular flexibility index (Phi) is 9.37. The van der Waals surface area contributed by atoms with Gasteiger partial charge in [-0.25, -0.2) is 0 Å². The van der Waals surface area contributed by atoms with Crippen LogP contribution >= 0.6 is 11.6 Å². The summed E-state index contributed by atoms with van der Waals surface area (Å²) in [6.45, 7) is 3.19. The van der Waals surface area contributed by atoms with Gasteiger partial charge in [0.05, 0.1) is 23.8 Å². The van der Waals surface area contributed by atoms with Crippen LogP contribution in [-0.4, -0.2) is 29.8 Å². The lowest BCUT2D eigenvalue weighted by Crippen LogP contribution is -2.41. The first-order valence-electron chi connectivity index (χ1n) is 13.3. The third kappa shape index (κ3) is 6.60. The Morgan fingerprint density at radius 2 is 1.59 bits per heavy atom. The molecule has 0 radical (unpaired) electrons. The minimum absolute atomic E-state index is 0.0307. The maximum absolute atomic E-state index is 14.1. The van der Waals surface area contributed by atoms with E-state index in [9.17, 15) is 9.59 Å². The van der Waals surface area contributed by atoms with E-state index in [4.69, 9.17) is 17.3 Å². The van der Waals surface area contributed by atoms with E-state index < -0.39 is 0 Å². The Balaban J connectivity index is 1.69. The van der Waals surface area contributed by atoms with E-state index in [1.54, 1.807) is 9.80 Å². The number of unbranched alkanes of at least 4 members (excludes halogenated alkanes) is 3. The quantitative estimate of drug-likeness (QED) is 0.293. The van der Waals surface area contributed by atoms with Crippen LogP contribution in [0.3, 0.4) is 0 Å². The first-order chi connectivity index (χ1) is 18.0. The number of anilines is 1. The van der Waals surface area contributed by atoms with Crippen LogP contribution in [0.1, 0.15) is 72.1 Å². The van der Waals surface area contributed by atoms with E-state index in [2.05, 4.69) is 13.0 Å². The molecule has 1 unspecified atom stereocenters. The Labute approximate surface area is 225 Å². The van der Waals surface area contributed by atoms with E-state index in [1.165, 1.54) is 0 Å². The van der Waals surface area contributed by atoms with E-state index in [1.807, 2.05) is 66.7 Å². The zero-order valence-electron chi connectivity index (χ0n) is 21.5. The summed E-state index contributed by atoms with van der Waals surface area (Å²) >= 11 is 6.09. The molecule has 0 spiro atoms. The minimum atomic E-state index is -0.180. The molecule has 0 fully saturated rings. The molecule has 6 heteroatoms. The van der Waals surface area contributed by atoms with Gasteiger partial charge in [0.25, 0.3) is 5.91 Å². The summed E-state index contributed by atoms with van der Waals surface area (Å²) in [6.07, 6.45) is 5.93. The molecular formula is C31H36ClN3O2. The molecule has 2 N–H and O–H groups in total. The van der Waals surface area contributed by atoms with E-state index in [0.717, 1.165) is 61.8 Å². The average molecular weight is 518 g/mol. The number of halogens is 1. The maximum Gasteiger partial charge on any atom is 0.256 e. The molecule has 2 amide bonds. The molecule has 0 bridgehead atoms. The van der Waals surface area contributed by atoms with Crippen LogP contribution in [0.15, 0.2) is 72.8 Å². The van der Waals surface area contributed by atoms with Crippen molar-refractivity contribution in [2.45, 2.75) is 58.0 Å². The first-order valence-corrected chi connectivity index (χ1v) is 13.6. The monoisotopic (exact) mass is 517 g/mol. The van der Waals surface area contributed by atoms with Gasteiger partial charge >= 0.3 is 0 Å². The number of rotatable bonds is 11. The zero-order chi connectivity index (χ0) is 26.2. The van der Waals surface area contributed by atoms with Gasteiger partial charge in [0.15, 0.2) is 0 Å². The van der Waals surface area contributed by atoms with E-state index in [-0.39, 0.29) is 24.4 Å². The summed E-state index contributed by atoms with van der Waals surface area (Å²) in [5.74, 6) is -0.186. The number of nitrogens with two attached hydrogens (primary N) is 1. The number of nitrogens with zero attached hydrogens (tertiary/aromatic N) is 2. The molecule has 4 rings (SSSR count). The SMILES string of the molecule is CCC(c1ccccc1)N1CC(=O)N(Cc2ccc(Cl)cc2)c2ccc(CCCCCCN)cc2C1=O. The number of carbonyl (C=O) groups is 2. The van der Waals surface area contributed by atoms with Crippen LogP contribution in [0.2, 0.25) is 5.02 Å². The van der Waals surface area contributed by atoms with E-state index in [0.29, 0.717) is 22.8 Å². The fraction of sp³-hybridized carbons (Fsp3) is 0.355. The number of carbonyl (C=O) groups excluding carboxylic acids is 2. The second-order valence-corrected chi connectivity index (χ2v) is 10.1. The van der Waals surface area contributed by atoms with Crippen LogP contribution in [0.4, 0.5) is 5.69 Å². The van der Waals surface area contributed by atoms with Gasteiger partial charge in [0.2, 0.25) is 5.91 Å². The standard InChI is InChI=1S/C31H36ClN3O2/c1-2-28(25-11-7-5-8-12-25)35-22-30(36)34(21-24-13-16-26(32)17-14-24)29-18-15-23(20-27(29)31(35)37)10-6-3-4-9-19-33/h5,7-8,11-18,20,28H,2-4,6,9-10,19,21-22,33H2,1H3. The average Bonchev–Trinajstić information content (AvgIpc) is 3.01. The molecule has 194 valence electrons. The van der Waals surface area contributed by atoms with Crippen molar-refractivity contribution in [3.05, 3.63) is 100 Å². The summed E-state index contributed by atoms with van der Waals surface area (Å²) in [7, 11) is 0. The lowest BCUT2D eigenvalue weighted by Gasteiger charge is -2.30. The van der Waals surface area contributed by atoms with Gasteiger partial charge in [-0.2, -0.15) is 0 Å². The van der Waals surface area contributed by atoms with Crippen LogP contribution in [0.5, 0.6) is 0 Å². The van der Waals surface area contributed by atoms with Crippen molar-refractivity contribution in [1.29, 1.82) is 0 Å². The number of aryl methyl sites for hydroxylation is 1. The van der Waals surface area contributed by atoms with Crippen molar-refractivity contribution >= 4 is 29.1 Å². The predicted molar refractivity (Wildman–Crippen MR) is 151 cm³/mol. The summed E-state index contributed by atoms with van der Waals surface area (Å²) in [4.78, 5) is 31.3. The number of fused-ring (bicyclic) bond motifs is 1. The van der Waals surface area contributed by atoms with Crippen LogP contribution in [0.25, 0.3) is 0 Å². The molecule has 1 aliphatic heterocycles. The van der Waals surface area contributed by atoms with Gasteiger partial charge in [-0.15, -0.1) is 0 Å².